The fourth-order valence-electron chi connectivity index (χ4n) is 2.20. The number of anilines is 1. The number of nitrogens with two attached hydrogens (primary N) is 1. The van der Waals surface area contributed by atoms with Crippen LogP contribution in [0.5, 0.6) is 0 Å². The van der Waals surface area contributed by atoms with Crippen LogP contribution in [0, 0.1) is 0 Å². The van der Waals surface area contributed by atoms with E-state index in [1.165, 1.54) is 12.1 Å². The lowest BCUT2D eigenvalue weighted by atomic mass is 10.1. The van der Waals surface area contributed by atoms with Crippen LogP contribution in [-0.2, 0) is 9.53 Å². The predicted molar refractivity (Wildman–Crippen MR) is 81.6 cm³/mol. The molecule has 0 aromatic heterocycles. The maximum Gasteiger partial charge on any atom is 0.340 e. The molecule has 1 heterocycles. The summed E-state index contributed by atoms with van der Waals surface area (Å²) in [4.78, 5) is 25.6. The molecule has 1 aliphatic rings. The zero-order valence-electron chi connectivity index (χ0n) is 11.4. The lowest BCUT2D eigenvalue weighted by molar-refractivity contribution is -0.135. The van der Waals surface area contributed by atoms with Crippen LogP contribution in [0.3, 0.4) is 0 Å². The maximum atomic E-state index is 12.0. The molecule has 2 N–H and O–H groups in total. The van der Waals surface area contributed by atoms with Crippen molar-refractivity contribution in [2.45, 2.75) is 19.3 Å². The number of ether oxygens (including phenoxy) is 1. The van der Waals surface area contributed by atoms with Crippen molar-refractivity contribution in [1.29, 1.82) is 0 Å². The minimum Gasteiger partial charge on any atom is -0.452 e. The van der Waals surface area contributed by atoms with Crippen LogP contribution in [0.1, 0.15) is 29.6 Å². The Labute approximate surface area is 132 Å². The lowest BCUT2D eigenvalue weighted by Crippen LogP contribution is -2.38. The number of amides is 1. The topological polar surface area (TPSA) is 72.6 Å². The molecule has 0 unspecified atom stereocenters. The summed E-state index contributed by atoms with van der Waals surface area (Å²) in [7, 11) is 0. The average molecular weight is 331 g/mol. The molecule has 0 bridgehead atoms. The lowest BCUT2D eigenvalue weighted by Gasteiger charge is -2.26. The summed E-state index contributed by atoms with van der Waals surface area (Å²) in [6.45, 7) is 1.12. The van der Waals surface area contributed by atoms with Crippen LogP contribution in [0.25, 0.3) is 0 Å². The van der Waals surface area contributed by atoms with Gasteiger partial charge >= 0.3 is 5.97 Å². The Morgan fingerprint density at radius 2 is 1.86 bits per heavy atom. The molecule has 1 amide bonds. The van der Waals surface area contributed by atoms with Gasteiger partial charge in [0, 0.05) is 18.8 Å². The normalized spacial score (nSPS) is 14.9. The molecule has 0 saturated carbocycles. The van der Waals surface area contributed by atoms with Gasteiger partial charge in [-0.05, 0) is 31.4 Å². The van der Waals surface area contributed by atoms with Crippen LogP contribution in [-0.4, -0.2) is 36.5 Å². The first-order valence-corrected chi connectivity index (χ1v) is 7.44. The van der Waals surface area contributed by atoms with Crippen molar-refractivity contribution in [1.82, 2.24) is 4.90 Å². The number of likely N-dealkylation sites (tertiary alicyclic amines) is 1. The van der Waals surface area contributed by atoms with Crippen molar-refractivity contribution < 1.29 is 14.3 Å². The van der Waals surface area contributed by atoms with Gasteiger partial charge in [0.2, 0.25) is 0 Å². The molecule has 0 atom stereocenters. The Kier molecular flexibility index (Phi) is 5.31. The molecule has 0 spiro atoms. The first-order chi connectivity index (χ1) is 9.99. The molecular weight excluding hydrogens is 315 g/mol. The number of hydrogen-bond donors (Lipinski definition) is 1. The minimum atomic E-state index is -0.709. The molecule has 1 fully saturated rings. The quantitative estimate of drug-likeness (QED) is 0.683. The van der Waals surface area contributed by atoms with Crippen molar-refractivity contribution >= 4 is 40.8 Å². The smallest absolute Gasteiger partial charge is 0.340 e. The van der Waals surface area contributed by atoms with Crippen LogP contribution in [0.15, 0.2) is 12.1 Å². The summed E-state index contributed by atoms with van der Waals surface area (Å²) in [6, 6.07) is 2.82. The monoisotopic (exact) mass is 330 g/mol. The third-order valence-electron chi connectivity index (χ3n) is 3.31. The van der Waals surface area contributed by atoms with E-state index in [1.807, 2.05) is 0 Å². The zero-order valence-corrected chi connectivity index (χ0v) is 12.9. The molecule has 1 aliphatic heterocycles. The Hall–Kier alpha value is -1.46. The van der Waals surface area contributed by atoms with E-state index in [4.69, 9.17) is 33.7 Å². The summed E-state index contributed by atoms with van der Waals surface area (Å²) in [6.07, 6.45) is 3.09. The molecule has 5 nitrogen and oxygen atoms in total. The van der Waals surface area contributed by atoms with E-state index in [2.05, 4.69) is 0 Å². The van der Waals surface area contributed by atoms with E-state index in [0.717, 1.165) is 19.3 Å². The maximum absolute atomic E-state index is 12.0. The first-order valence-electron chi connectivity index (χ1n) is 6.68. The minimum absolute atomic E-state index is 0.0631. The number of carbonyl (C=O) groups excluding carboxylic acids is 2. The number of nitrogen functional groups attached to an aromatic ring is 1. The van der Waals surface area contributed by atoms with E-state index >= 15 is 0 Å². The highest BCUT2D eigenvalue weighted by atomic mass is 35.5. The number of carbonyl (C=O) groups is 2. The van der Waals surface area contributed by atoms with E-state index in [-0.39, 0.29) is 28.1 Å². The summed E-state index contributed by atoms with van der Waals surface area (Å²) in [5.41, 5.74) is 5.98. The fourth-order valence-corrected chi connectivity index (χ4v) is 2.61. The summed E-state index contributed by atoms with van der Waals surface area (Å²) in [5.74, 6) is -0.909. The predicted octanol–water partition coefficient (Wildman–Crippen LogP) is 2.74. The first kappa shape index (κ1) is 15.9. The number of esters is 1. The molecular formula is C14H16Cl2N2O3. The second-order valence-corrected chi connectivity index (χ2v) is 5.67. The van der Waals surface area contributed by atoms with Gasteiger partial charge in [-0.1, -0.05) is 23.2 Å². The zero-order chi connectivity index (χ0) is 15.4. The number of hydrogen-bond acceptors (Lipinski definition) is 4. The van der Waals surface area contributed by atoms with E-state index in [1.54, 1.807) is 4.90 Å². The Morgan fingerprint density at radius 3 is 2.52 bits per heavy atom. The number of piperidine rings is 1. The number of benzene rings is 1. The van der Waals surface area contributed by atoms with Crippen molar-refractivity contribution in [3.8, 4) is 0 Å². The van der Waals surface area contributed by atoms with Gasteiger partial charge in [0.15, 0.2) is 6.61 Å². The summed E-state index contributed by atoms with van der Waals surface area (Å²) < 4.78 is 5.01. The van der Waals surface area contributed by atoms with Crippen LogP contribution in [0.2, 0.25) is 10.0 Å². The Bertz CT molecular complexity index is 557. The molecule has 0 radical (unpaired) electrons. The van der Waals surface area contributed by atoms with Crippen LogP contribution in [0.4, 0.5) is 5.69 Å². The van der Waals surface area contributed by atoms with Crippen LogP contribution >= 0.6 is 23.2 Å². The van der Waals surface area contributed by atoms with Crippen molar-refractivity contribution in [3.63, 3.8) is 0 Å². The van der Waals surface area contributed by atoms with E-state index in [9.17, 15) is 9.59 Å². The molecule has 1 saturated heterocycles. The molecule has 21 heavy (non-hydrogen) atoms. The van der Waals surface area contributed by atoms with Gasteiger partial charge in [0.1, 0.15) is 0 Å². The van der Waals surface area contributed by atoms with Gasteiger partial charge < -0.3 is 15.4 Å². The standard InChI is InChI=1S/C14H16Cl2N2O3/c15-11-7-9(17)6-10(13(11)16)14(20)21-8-12(19)18-4-2-1-3-5-18/h6-7H,1-5,8,17H2. The molecule has 0 aliphatic carbocycles. The number of halogens is 2. The fraction of sp³-hybridized carbons (Fsp3) is 0.429. The van der Waals surface area contributed by atoms with Crippen molar-refractivity contribution in [2.24, 2.45) is 0 Å². The Morgan fingerprint density at radius 1 is 1.19 bits per heavy atom. The van der Waals surface area contributed by atoms with E-state index in [0.29, 0.717) is 18.8 Å². The third kappa shape index (κ3) is 4.02. The third-order valence-corrected chi connectivity index (χ3v) is 4.11. The SMILES string of the molecule is Nc1cc(Cl)c(Cl)c(C(=O)OCC(=O)N2CCCCC2)c1. The van der Waals surface area contributed by atoms with E-state index < -0.39 is 5.97 Å². The van der Waals surface area contributed by atoms with Crippen molar-refractivity contribution in [3.05, 3.63) is 27.7 Å². The summed E-state index contributed by atoms with van der Waals surface area (Å²) >= 11 is 11.8. The van der Waals surface area contributed by atoms with Gasteiger partial charge in [-0.3, -0.25) is 4.79 Å². The Balaban J connectivity index is 1.97. The number of rotatable bonds is 3. The van der Waals surface area contributed by atoms with Crippen LogP contribution < -0.4 is 5.73 Å². The van der Waals surface area contributed by atoms with Crippen molar-refractivity contribution in [2.75, 3.05) is 25.4 Å². The van der Waals surface area contributed by atoms with Gasteiger partial charge in [0.25, 0.3) is 5.91 Å². The average Bonchev–Trinajstić information content (AvgIpc) is 2.49. The highest BCUT2D eigenvalue weighted by Gasteiger charge is 2.20. The molecule has 1 aromatic rings. The second kappa shape index (κ2) is 7.00. The molecule has 1 aromatic carbocycles. The molecule has 2 rings (SSSR count). The second-order valence-electron chi connectivity index (χ2n) is 4.88. The molecule has 7 heteroatoms. The summed E-state index contributed by atoms with van der Waals surface area (Å²) in [5, 5.41) is 0.243. The van der Waals surface area contributed by atoms with Gasteiger partial charge in [0.05, 0.1) is 15.6 Å². The van der Waals surface area contributed by atoms with Gasteiger partial charge in [-0.25, -0.2) is 4.79 Å². The van der Waals surface area contributed by atoms with Gasteiger partial charge in [-0.15, -0.1) is 0 Å². The highest BCUT2D eigenvalue weighted by molar-refractivity contribution is 6.44. The largest absolute Gasteiger partial charge is 0.452 e. The number of nitrogens with zero attached hydrogens (tertiary/aromatic N) is 1. The van der Waals surface area contributed by atoms with Gasteiger partial charge in [-0.2, -0.15) is 0 Å². The molecule has 114 valence electrons. The highest BCUT2D eigenvalue weighted by Crippen LogP contribution is 2.29.